The number of hydrogen-bond donors (Lipinski definition) is 1. The van der Waals surface area contributed by atoms with Crippen molar-refractivity contribution in [2.75, 3.05) is 45.3 Å². The summed E-state index contributed by atoms with van der Waals surface area (Å²) in [4.78, 5) is 18.5. The molecule has 1 saturated heterocycles. The van der Waals surface area contributed by atoms with E-state index in [0.717, 1.165) is 23.3 Å². The first kappa shape index (κ1) is 19.6. The molecule has 1 aliphatic heterocycles. The third-order valence-electron chi connectivity index (χ3n) is 4.00. The number of hydrogen-bond acceptors (Lipinski definition) is 6. The second-order valence-electron chi connectivity index (χ2n) is 5.76. The van der Waals surface area contributed by atoms with E-state index in [2.05, 4.69) is 10.3 Å². The summed E-state index contributed by atoms with van der Waals surface area (Å²) in [6, 6.07) is 5.08. The molecule has 6 nitrogen and oxygen atoms in total. The number of fused-ring (bicyclic) bond motifs is 1. The Hall–Kier alpha value is -1.68. The van der Waals surface area contributed by atoms with Crippen molar-refractivity contribution in [2.24, 2.45) is 0 Å². The number of nitrogens with zero attached hydrogens (tertiary/aromatic N) is 2. The summed E-state index contributed by atoms with van der Waals surface area (Å²) >= 11 is 1.32. The lowest BCUT2D eigenvalue weighted by Gasteiger charge is -2.25. The highest BCUT2D eigenvalue weighted by Crippen LogP contribution is 2.32. The molecule has 1 aromatic heterocycles. The molecule has 2 heterocycles. The van der Waals surface area contributed by atoms with Crippen LogP contribution in [0.5, 0.6) is 0 Å². The minimum absolute atomic E-state index is 0. The number of methoxy groups -OCH3 is 1. The summed E-state index contributed by atoms with van der Waals surface area (Å²) in [6.45, 7) is 4.49. The Labute approximate surface area is 148 Å². The van der Waals surface area contributed by atoms with Crippen molar-refractivity contribution in [1.29, 1.82) is 0 Å². The van der Waals surface area contributed by atoms with Gasteiger partial charge in [0.25, 0.3) is 0 Å². The van der Waals surface area contributed by atoms with Gasteiger partial charge in [-0.05, 0) is 19.1 Å². The molecule has 0 spiro atoms. The number of rotatable bonds is 5. The summed E-state index contributed by atoms with van der Waals surface area (Å²) in [5.41, 5.74) is 1.14. The summed E-state index contributed by atoms with van der Waals surface area (Å²) in [7, 11) is 1.33. The molecule has 9 heteroatoms. The number of thiazole rings is 1. The predicted molar refractivity (Wildman–Crippen MR) is 93.5 cm³/mol. The number of halogens is 2. The van der Waals surface area contributed by atoms with Crippen molar-refractivity contribution in [2.45, 2.75) is 12.8 Å². The van der Waals surface area contributed by atoms with Gasteiger partial charge in [-0.2, -0.15) is 0 Å². The molecule has 1 fully saturated rings. The lowest BCUT2D eigenvalue weighted by Crippen LogP contribution is -2.41. The topological polar surface area (TPSA) is 63.7 Å². The summed E-state index contributed by atoms with van der Waals surface area (Å²) in [5, 5.41) is 3.32. The van der Waals surface area contributed by atoms with E-state index in [0.29, 0.717) is 30.5 Å². The maximum atomic E-state index is 14.2. The average Bonchev–Trinajstić information content (AvgIpc) is 2.96. The van der Waals surface area contributed by atoms with Gasteiger partial charge in [0.15, 0.2) is 5.13 Å². The Morgan fingerprint density at radius 1 is 1.48 bits per heavy atom. The minimum atomic E-state index is -1.85. The van der Waals surface area contributed by atoms with Gasteiger partial charge in [-0.15, -0.1) is 0 Å². The number of ether oxygens (including phenoxy) is 2. The normalized spacial score (nSPS) is 17.7. The van der Waals surface area contributed by atoms with E-state index in [1.807, 2.05) is 4.90 Å². The van der Waals surface area contributed by atoms with Gasteiger partial charge in [-0.1, -0.05) is 17.4 Å². The molecule has 0 aliphatic carbocycles. The number of aromatic nitrogens is 1. The van der Waals surface area contributed by atoms with E-state index in [9.17, 15) is 9.18 Å². The van der Waals surface area contributed by atoms with Gasteiger partial charge in [0, 0.05) is 25.8 Å². The molecule has 25 heavy (non-hydrogen) atoms. The van der Waals surface area contributed by atoms with Crippen LogP contribution in [0.1, 0.15) is 12.5 Å². The third-order valence-corrected chi connectivity index (χ3v) is 4.94. The molecule has 1 N–H and O–H groups in total. The van der Waals surface area contributed by atoms with Crippen molar-refractivity contribution in [3.05, 3.63) is 23.8 Å². The molecule has 1 aliphatic rings. The standard InChI is InChI=1S/C16H20FN3O3S.FH/c1-16(17,22-2)11-3-4-12-13(9-11)24-15(18-12)19-14(21)10-20-5-7-23-8-6-20;/h3-4,9H,5-8,10H2,1-2H3,(H,18,19,21);1H. The maximum absolute atomic E-state index is 14.2. The zero-order valence-electron chi connectivity index (χ0n) is 14.1. The van der Waals surface area contributed by atoms with E-state index in [4.69, 9.17) is 9.47 Å². The van der Waals surface area contributed by atoms with E-state index < -0.39 is 5.85 Å². The molecule has 0 radical (unpaired) electrons. The van der Waals surface area contributed by atoms with Crippen LogP contribution in [-0.2, 0) is 20.1 Å². The largest absolute Gasteiger partial charge is 0.379 e. The first-order valence-corrected chi connectivity index (χ1v) is 8.55. The molecule has 1 atom stereocenters. The van der Waals surface area contributed by atoms with Crippen LogP contribution in [0.4, 0.5) is 14.2 Å². The Kier molecular flexibility index (Phi) is 6.39. The van der Waals surface area contributed by atoms with Crippen molar-refractivity contribution >= 4 is 32.6 Å². The van der Waals surface area contributed by atoms with Crippen LogP contribution in [0.15, 0.2) is 18.2 Å². The highest BCUT2D eigenvalue weighted by atomic mass is 32.1. The van der Waals surface area contributed by atoms with E-state index in [1.165, 1.54) is 25.4 Å². The molecule has 3 rings (SSSR count). The highest BCUT2D eigenvalue weighted by molar-refractivity contribution is 7.22. The molecule has 1 amide bonds. The fourth-order valence-corrected chi connectivity index (χ4v) is 3.42. The van der Waals surface area contributed by atoms with Gasteiger partial charge in [-0.25, -0.2) is 9.37 Å². The van der Waals surface area contributed by atoms with Crippen LogP contribution in [0.25, 0.3) is 10.2 Å². The molecular weight excluding hydrogens is 352 g/mol. The zero-order valence-corrected chi connectivity index (χ0v) is 14.9. The fraction of sp³-hybridized carbons (Fsp3) is 0.500. The van der Waals surface area contributed by atoms with Gasteiger partial charge in [0.2, 0.25) is 11.8 Å². The van der Waals surface area contributed by atoms with Gasteiger partial charge in [0.05, 0.1) is 30.0 Å². The quantitative estimate of drug-likeness (QED) is 0.873. The van der Waals surface area contributed by atoms with Gasteiger partial charge >= 0.3 is 0 Å². The van der Waals surface area contributed by atoms with Crippen LogP contribution in [0, 0.1) is 0 Å². The van der Waals surface area contributed by atoms with E-state index in [1.54, 1.807) is 18.2 Å². The zero-order chi connectivity index (χ0) is 17.2. The number of morpholine rings is 1. The number of carbonyl (C=O) groups is 1. The van der Waals surface area contributed by atoms with Crippen LogP contribution in [0.2, 0.25) is 0 Å². The molecule has 1 unspecified atom stereocenters. The van der Waals surface area contributed by atoms with Crippen LogP contribution in [-0.4, -0.2) is 55.7 Å². The highest BCUT2D eigenvalue weighted by Gasteiger charge is 2.25. The van der Waals surface area contributed by atoms with Gasteiger partial charge < -0.3 is 14.8 Å². The Bertz CT molecular complexity index is 732. The van der Waals surface area contributed by atoms with Crippen molar-refractivity contribution in [3.8, 4) is 0 Å². The third kappa shape index (κ3) is 4.69. The van der Waals surface area contributed by atoms with Gasteiger partial charge in [-0.3, -0.25) is 14.4 Å². The number of benzene rings is 1. The summed E-state index contributed by atoms with van der Waals surface area (Å²) in [5.74, 6) is -1.96. The van der Waals surface area contributed by atoms with Crippen LogP contribution < -0.4 is 5.32 Å². The molecule has 1 aromatic carbocycles. The molecule has 138 valence electrons. The number of anilines is 1. The number of alkyl halides is 1. The Morgan fingerprint density at radius 2 is 2.20 bits per heavy atom. The van der Waals surface area contributed by atoms with Crippen LogP contribution in [0.3, 0.4) is 0 Å². The minimum Gasteiger partial charge on any atom is -0.379 e. The van der Waals surface area contributed by atoms with Crippen molar-refractivity contribution in [3.63, 3.8) is 0 Å². The second kappa shape index (κ2) is 8.13. The smallest absolute Gasteiger partial charge is 0.240 e. The number of nitrogens with one attached hydrogen (secondary N) is 1. The maximum Gasteiger partial charge on any atom is 0.240 e. The van der Waals surface area contributed by atoms with Crippen LogP contribution >= 0.6 is 11.3 Å². The summed E-state index contributed by atoms with van der Waals surface area (Å²) < 4.78 is 25.2. The van der Waals surface area contributed by atoms with Gasteiger partial charge in [0.1, 0.15) is 0 Å². The molecular formula is C16H21F2N3O3S. The molecule has 2 aromatic rings. The monoisotopic (exact) mass is 373 g/mol. The average molecular weight is 373 g/mol. The SMILES string of the molecule is COC(C)(F)c1ccc2nc(NC(=O)CN3CCOCC3)sc2c1.F. The number of amides is 1. The fourth-order valence-electron chi connectivity index (χ4n) is 2.49. The summed E-state index contributed by atoms with van der Waals surface area (Å²) in [6.07, 6.45) is 0. The first-order chi connectivity index (χ1) is 11.5. The number of carbonyl (C=O) groups excluding carboxylic acids is 1. The Balaban J connectivity index is 0.00000225. The lowest BCUT2D eigenvalue weighted by molar-refractivity contribution is -0.118. The predicted octanol–water partition coefficient (Wildman–Crippen LogP) is 2.51. The Morgan fingerprint density at radius 3 is 2.88 bits per heavy atom. The van der Waals surface area contributed by atoms with E-state index in [-0.39, 0.29) is 10.6 Å². The first-order valence-electron chi connectivity index (χ1n) is 7.73. The second-order valence-corrected chi connectivity index (χ2v) is 6.79. The van der Waals surface area contributed by atoms with E-state index >= 15 is 0 Å². The van der Waals surface area contributed by atoms with Crippen molar-refractivity contribution < 1.29 is 23.4 Å². The molecule has 0 bridgehead atoms. The molecule has 0 saturated carbocycles. The lowest BCUT2D eigenvalue weighted by atomic mass is 10.1. The van der Waals surface area contributed by atoms with Crippen molar-refractivity contribution in [1.82, 2.24) is 9.88 Å².